The Labute approximate surface area is 80.6 Å². The van der Waals surface area contributed by atoms with E-state index >= 15 is 0 Å². The molecule has 2 unspecified atom stereocenters. The highest BCUT2D eigenvalue weighted by atomic mass is 15.1. The first kappa shape index (κ1) is 10.5. The Morgan fingerprint density at radius 3 is 3.00 bits per heavy atom. The molecule has 76 valence electrons. The standard InChI is InChI=1S/C10H21N3/c1-2-3-5-10(11)6-4-9(7-10)8-13-12/h8-9H,2-7,11-12H2,1H3. The van der Waals surface area contributed by atoms with Gasteiger partial charge >= 0.3 is 0 Å². The SMILES string of the molecule is CCCCC1(N)CCC(C=NN)C1. The number of unbranched alkanes of at least 4 members (excludes halogenated alkanes) is 1. The van der Waals surface area contributed by atoms with Crippen molar-refractivity contribution in [2.75, 3.05) is 0 Å². The lowest BCUT2D eigenvalue weighted by Crippen LogP contribution is -2.36. The van der Waals surface area contributed by atoms with E-state index in [1.165, 1.54) is 12.8 Å². The fraction of sp³-hybridized carbons (Fsp3) is 0.900. The largest absolute Gasteiger partial charge is 0.325 e. The molecule has 0 heterocycles. The molecule has 1 aliphatic rings. The predicted molar refractivity (Wildman–Crippen MR) is 56.5 cm³/mol. The maximum atomic E-state index is 6.26. The highest BCUT2D eigenvalue weighted by molar-refractivity contribution is 5.61. The summed E-state index contributed by atoms with van der Waals surface area (Å²) in [5, 5.41) is 3.58. The number of hydrogen-bond donors (Lipinski definition) is 2. The highest BCUT2D eigenvalue weighted by Gasteiger charge is 2.34. The van der Waals surface area contributed by atoms with E-state index in [1.54, 1.807) is 0 Å². The third kappa shape index (κ3) is 2.99. The van der Waals surface area contributed by atoms with E-state index in [-0.39, 0.29) is 5.54 Å². The lowest BCUT2D eigenvalue weighted by atomic mass is 9.91. The molecule has 1 aliphatic carbocycles. The van der Waals surface area contributed by atoms with Crippen molar-refractivity contribution in [2.24, 2.45) is 22.6 Å². The highest BCUT2D eigenvalue weighted by Crippen LogP contribution is 2.35. The van der Waals surface area contributed by atoms with Crippen LogP contribution in [0.25, 0.3) is 0 Å². The molecule has 0 saturated heterocycles. The van der Waals surface area contributed by atoms with Crippen LogP contribution in [0, 0.1) is 5.92 Å². The maximum Gasteiger partial charge on any atom is 0.0271 e. The van der Waals surface area contributed by atoms with Gasteiger partial charge in [-0.15, -0.1) is 0 Å². The number of nitrogens with zero attached hydrogens (tertiary/aromatic N) is 1. The van der Waals surface area contributed by atoms with E-state index in [2.05, 4.69) is 12.0 Å². The Kier molecular flexibility index (Phi) is 3.72. The number of rotatable bonds is 4. The fourth-order valence-electron chi connectivity index (χ4n) is 2.20. The van der Waals surface area contributed by atoms with Crippen LogP contribution in [0.15, 0.2) is 5.10 Å². The lowest BCUT2D eigenvalue weighted by Gasteiger charge is -2.23. The summed E-state index contributed by atoms with van der Waals surface area (Å²) in [7, 11) is 0. The van der Waals surface area contributed by atoms with E-state index < -0.39 is 0 Å². The van der Waals surface area contributed by atoms with Crippen LogP contribution in [0.5, 0.6) is 0 Å². The number of hydrogen-bond acceptors (Lipinski definition) is 3. The fourth-order valence-corrected chi connectivity index (χ4v) is 2.20. The van der Waals surface area contributed by atoms with Crippen LogP contribution < -0.4 is 11.6 Å². The molecule has 13 heavy (non-hydrogen) atoms. The number of nitrogens with two attached hydrogens (primary N) is 2. The Bertz CT molecular complexity index is 179. The summed E-state index contributed by atoms with van der Waals surface area (Å²) in [4.78, 5) is 0. The monoisotopic (exact) mass is 183 g/mol. The van der Waals surface area contributed by atoms with Gasteiger partial charge in [0.1, 0.15) is 0 Å². The van der Waals surface area contributed by atoms with E-state index in [1.807, 2.05) is 6.21 Å². The van der Waals surface area contributed by atoms with Gasteiger partial charge in [0.15, 0.2) is 0 Å². The lowest BCUT2D eigenvalue weighted by molar-refractivity contribution is 0.386. The van der Waals surface area contributed by atoms with Crippen molar-refractivity contribution in [1.29, 1.82) is 0 Å². The third-order valence-electron chi connectivity index (χ3n) is 3.01. The van der Waals surface area contributed by atoms with Crippen LogP contribution >= 0.6 is 0 Å². The van der Waals surface area contributed by atoms with E-state index in [9.17, 15) is 0 Å². The van der Waals surface area contributed by atoms with Crippen molar-refractivity contribution in [3.63, 3.8) is 0 Å². The maximum absolute atomic E-state index is 6.26. The van der Waals surface area contributed by atoms with E-state index in [4.69, 9.17) is 11.6 Å². The summed E-state index contributed by atoms with van der Waals surface area (Å²) >= 11 is 0. The van der Waals surface area contributed by atoms with Crippen LogP contribution in [0.1, 0.15) is 45.4 Å². The van der Waals surface area contributed by atoms with E-state index in [0.717, 1.165) is 25.7 Å². The molecule has 0 amide bonds. The molecule has 0 aliphatic heterocycles. The Balaban J connectivity index is 2.36. The summed E-state index contributed by atoms with van der Waals surface area (Å²) < 4.78 is 0. The van der Waals surface area contributed by atoms with Crippen molar-refractivity contribution >= 4 is 6.21 Å². The minimum absolute atomic E-state index is 0.0713. The van der Waals surface area contributed by atoms with Crippen LogP contribution in [0.2, 0.25) is 0 Å². The van der Waals surface area contributed by atoms with Crippen molar-refractivity contribution < 1.29 is 0 Å². The average molecular weight is 183 g/mol. The van der Waals surface area contributed by atoms with Gasteiger partial charge in [-0.05, 0) is 31.6 Å². The second-order valence-electron chi connectivity index (χ2n) is 4.27. The summed E-state index contributed by atoms with van der Waals surface area (Å²) in [6.07, 6.45) is 8.81. The molecule has 0 spiro atoms. The van der Waals surface area contributed by atoms with Gasteiger partial charge in [-0.1, -0.05) is 19.8 Å². The van der Waals surface area contributed by atoms with Crippen molar-refractivity contribution in [2.45, 2.75) is 51.0 Å². The van der Waals surface area contributed by atoms with Gasteiger partial charge in [0, 0.05) is 11.8 Å². The molecule has 0 bridgehead atoms. The van der Waals surface area contributed by atoms with Gasteiger partial charge < -0.3 is 11.6 Å². The molecule has 0 radical (unpaired) electrons. The first-order valence-corrected chi connectivity index (χ1v) is 5.22. The zero-order chi connectivity index (χ0) is 9.73. The molecular weight excluding hydrogens is 162 g/mol. The third-order valence-corrected chi connectivity index (χ3v) is 3.01. The molecule has 3 heteroatoms. The van der Waals surface area contributed by atoms with Gasteiger partial charge in [-0.2, -0.15) is 5.10 Å². The Morgan fingerprint density at radius 1 is 1.62 bits per heavy atom. The second-order valence-corrected chi connectivity index (χ2v) is 4.27. The molecule has 1 rings (SSSR count). The van der Waals surface area contributed by atoms with Crippen molar-refractivity contribution in [3.05, 3.63) is 0 Å². The minimum Gasteiger partial charge on any atom is -0.325 e. The second kappa shape index (κ2) is 4.61. The molecule has 2 atom stereocenters. The molecule has 4 N–H and O–H groups in total. The molecule has 3 nitrogen and oxygen atoms in total. The van der Waals surface area contributed by atoms with Gasteiger partial charge in [0.25, 0.3) is 0 Å². The molecule has 1 saturated carbocycles. The number of hydrazone groups is 1. The summed E-state index contributed by atoms with van der Waals surface area (Å²) in [6.45, 7) is 2.21. The van der Waals surface area contributed by atoms with Crippen molar-refractivity contribution in [1.82, 2.24) is 0 Å². The zero-order valence-corrected chi connectivity index (χ0v) is 8.50. The Morgan fingerprint density at radius 2 is 2.38 bits per heavy atom. The minimum atomic E-state index is 0.0713. The van der Waals surface area contributed by atoms with Gasteiger partial charge in [-0.25, -0.2) is 0 Å². The van der Waals surface area contributed by atoms with Gasteiger partial charge in [0.2, 0.25) is 0 Å². The smallest absolute Gasteiger partial charge is 0.0271 e. The molecule has 0 aromatic heterocycles. The van der Waals surface area contributed by atoms with E-state index in [0.29, 0.717) is 5.92 Å². The topological polar surface area (TPSA) is 64.4 Å². The Hall–Kier alpha value is -0.570. The van der Waals surface area contributed by atoms with Crippen LogP contribution in [0.3, 0.4) is 0 Å². The first-order valence-electron chi connectivity index (χ1n) is 5.22. The molecule has 0 aromatic carbocycles. The normalized spacial score (nSPS) is 34.5. The average Bonchev–Trinajstić information content (AvgIpc) is 2.46. The quantitative estimate of drug-likeness (QED) is 0.395. The molecule has 0 aromatic rings. The summed E-state index contributed by atoms with van der Waals surface area (Å²) in [5.74, 6) is 5.65. The van der Waals surface area contributed by atoms with Crippen LogP contribution in [-0.4, -0.2) is 11.8 Å². The van der Waals surface area contributed by atoms with Gasteiger partial charge in [0.05, 0.1) is 0 Å². The van der Waals surface area contributed by atoms with Gasteiger partial charge in [-0.3, -0.25) is 0 Å². The molecular formula is C10H21N3. The molecule has 1 fully saturated rings. The first-order chi connectivity index (χ1) is 6.20. The summed E-state index contributed by atoms with van der Waals surface area (Å²) in [5.41, 5.74) is 6.33. The van der Waals surface area contributed by atoms with Crippen LogP contribution in [-0.2, 0) is 0 Å². The van der Waals surface area contributed by atoms with Crippen molar-refractivity contribution in [3.8, 4) is 0 Å². The zero-order valence-electron chi connectivity index (χ0n) is 8.50. The summed E-state index contributed by atoms with van der Waals surface area (Å²) in [6, 6.07) is 0. The predicted octanol–water partition coefficient (Wildman–Crippen LogP) is 1.62. The van der Waals surface area contributed by atoms with Crippen LogP contribution in [0.4, 0.5) is 0 Å².